The normalized spacial score (nSPS) is 24.6. The molecule has 1 unspecified atom stereocenters. The maximum Gasteiger partial charge on any atom is 0.229 e. The Balaban J connectivity index is 1.13. The number of hydrogen-bond acceptors (Lipinski definition) is 11. The first kappa shape index (κ1) is 35.2. The van der Waals surface area contributed by atoms with Crippen molar-refractivity contribution in [3.8, 4) is 5.75 Å². The molecule has 0 amide bonds. The first-order valence-corrected chi connectivity index (χ1v) is 19.8. The molecule has 4 heterocycles. The number of likely N-dealkylation sites (N-methyl/N-ethyl adjacent to an activating group) is 1. The summed E-state index contributed by atoms with van der Waals surface area (Å²) in [4.78, 5) is 19.1. The second kappa shape index (κ2) is 15.1. The topological polar surface area (TPSA) is 98.3 Å². The molecule has 3 aliphatic heterocycles. The number of nitrogens with one attached hydrogen (secondary N) is 2. The predicted molar refractivity (Wildman–Crippen MR) is 197 cm³/mol. The Morgan fingerprint density at radius 2 is 1.75 bits per heavy atom. The number of anilines is 4. The maximum absolute atomic E-state index is 14.0. The Bertz CT molecular complexity index is 1540. The maximum atomic E-state index is 14.0. The molecule has 1 aliphatic carbocycles. The number of piperidine rings is 1. The highest BCUT2D eigenvalue weighted by molar-refractivity contribution is 7.68. The van der Waals surface area contributed by atoms with Crippen LogP contribution < -0.4 is 20.3 Å². The SMILES string of the molecule is CCN1CCP(=O)(C2=CC=C(Nc3nc(Nc4ccc(N5CCC(N6CCN(C)CC6)CC5)cc4OC)ncc3Cl)C(C)(OC)C2)CC1. The fraction of sp³-hybridized carbons (Fsp3) is 0.600. The third kappa shape index (κ3) is 7.72. The summed E-state index contributed by atoms with van der Waals surface area (Å²) in [6.07, 6.45) is 9.90. The summed E-state index contributed by atoms with van der Waals surface area (Å²) in [5.41, 5.74) is 2.02. The Morgan fingerprint density at radius 3 is 2.42 bits per heavy atom. The average Bonchev–Trinajstić information content (AvgIpc) is 3.11. The number of nitrogens with zero attached hydrogens (tertiary/aromatic N) is 6. The monoisotopic (exact) mass is 698 g/mol. The number of aromatic nitrogens is 2. The van der Waals surface area contributed by atoms with Crippen LogP contribution in [0.1, 0.15) is 33.1 Å². The van der Waals surface area contributed by atoms with Crippen LogP contribution in [0.3, 0.4) is 0 Å². The van der Waals surface area contributed by atoms with Crippen LogP contribution >= 0.6 is 18.7 Å². The van der Waals surface area contributed by atoms with Crippen molar-refractivity contribution in [1.29, 1.82) is 0 Å². The molecular weight excluding hydrogens is 647 g/mol. The number of hydrogen-bond donors (Lipinski definition) is 2. The summed E-state index contributed by atoms with van der Waals surface area (Å²) >= 11 is 6.60. The third-order valence-corrected chi connectivity index (χ3v) is 14.3. The van der Waals surface area contributed by atoms with Crippen LogP contribution in [0.15, 0.2) is 47.6 Å². The van der Waals surface area contributed by atoms with Crippen molar-refractivity contribution >= 4 is 41.9 Å². The van der Waals surface area contributed by atoms with Gasteiger partial charge in [-0.3, -0.25) is 4.90 Å². The number of piperazine rings is 1. The first-order chi connectivity index (χ1) is 23.1. The van der Waals surface area contributed by atoms with Crippen LogP contribution in [-0.4, -0.2) is 129 Å². The van der Waals surface area contributed by atoms with Crippen LogP contribution in [0.2, 0.25) is 5.02 Å². The molecule has 0 spiro atoms. The van der Waals surface area contributed by atoms with Gasteiger partial charge in [-0.05, 0) is 56.9 Å². The van der Waals surface area contributed by atoms with E-state index >= 15 is 0 Å². The van der Waals surface area contributed by atoms with Crippen LogP contribution in [-0.2, 0) is 9.30 Å². The Morgan fingerprint density at radius 1 is 1.02 bits per heavy atom. The standard InChI is InChI=1S/C35H52ClN8O3P/c1-6-42-19-21-48(45,22-20-42)28-8-10-32(35(2,24-28)47-5)39-33-29(36)25-37-34(40-33)38-30-9-7-27(23-31(30)46-4)43-13-11-26(12-14-43)44-17-15-41(3)16-18-44/h7-10,23,25-26H,6,11-22,24H2,1-5H3,(H2,37,38,39,40). The largest absolute Gasteiger partial charge is 0.494 e. The number of ether oxygens (including phenoxy) is 2. The molecule has 2 aromatic rings. The van der Waals surface area contributed by atoms with Crippen molar-refractivity contribution in [2.75, 3.05) is 108 Å². The van der Waals surface area contributed by atoms with Crippen molar-refractivity contribution in [3.05, 3.63) is 52.6 Å². The van der Waals surface area contributed by atoms with Gasteiger partial charge in [0.05, 0.1) is 19.0 Å². The molecule has 262 valence electrons. The lowest BCUT2D eigenvalue weighted by atomic mass is 9.93. The lowest BCUT2D eigenvalue weighted by Gasteiger charge is -2.42. The molecule has 0 saturated carbocycles. The highest BCUT2D eigenvalue weighted by atomic mass is 35.5. The summed E-state index contributed by atoms with van der Waals surface area (Å²) in [5, 5.41) is 8.12. The molecule has 48 heavy (non-hydrogen) atoms. The van der Waals surface area contributed by atoms with Crippen molar-refractivity contribution in [1.82, 2.24) is 24.7 Å². The van der Waals surface area contributed by atoms with E-state index in [1.807, 2.05) is 25.1 Å². The van der Waals surface area contributed by atoms with Crippen molar-refractivity contribution in [3.63, 3.8) is 0 Å². The van der Waals surface area contributed by atoms with Gasteiger partial charge in [0, 0.05) is 102 Å². The summed E-state index contributed by atoms with van der Waals surface area (Å²) < 4.78 is 25.8. The lowest BCUT2D eigenvalue weighted by Crippen LogP contribution is -2.52. The minimum absolute atomic E-state index is 0.386. The van der Waals surface area contributed by atoms with E-state index in [1.54, 1.807) is 20.4 Å². The van der Waals surface area contributed by atoms with E-state index in [4.69, 9.17) is 26.1 Å². The Kier molecular flexibility index (Phi) is 11.0. The molecule has 6 rings (SSSR count). The summed E-state index contributed by atoms with van der Waals surface area (Å²) in [5.74, 6) is 1.57. The fourth-order valence-electron chi connectivity index (χ4n) is 7.34. The van der Waals surface area contributed by atoms with Gasteiger partial charge >= 0.3 is 0 Å². The van der Waals surface area contributed by atoms with Crippen molar-refractivity contribution in [2.24, 2.45) is 0 Å². The van der Waals surface area contributed by atoms with Gasteiger partial charge in [-0.15, -0.1) is 0 Å². The molecule has 13 heteroatoms. The van der Waals surface area contributed by atoms with Gasteiger partial charge in [0.2, 0.25) is 5.95 Å². The van der Waals surface area contributed by atoms with Gasteiger partial charge in [-0.2, -0.15) is 4.98 Å². The van der Waals surface area contributed by atoms with E-state index in [0.29, 0.717) is 29.3 Å². The minimum Gasteiger partial charge on any atom is -0.494 e. The van der Waals surface area contributed by atoms with Crippen molar-refractivity contribution < 1.29 is 14.0 Å². The van der Waals surface area contributed by atoms with Gasteiger partial charge in [-0.25, -0.2) is 4.98 Å². The molecular formula is C35H52ClN8O3P. The average molecular weight is 699 g/mol. The smallest absolute Gasteiger partial charge is 0.229 e. The van der Waals surface area contributed by atoms with E-state index in [0.717, 1.165) is 86.3 Å². The Hall–Kier alpha value is -2.66. The molecule has 1 atom stereocenters. The highest BCUT2D eigenvalue weighted by Crippen LogP contribution is 2.59. The van der Waals surface area contributed by atoms with E-state index in [2.05, 4.69) is 61.3 Å². The third-order valence-electron chi connectivity index (χ3n) is 10.8. The zero-order chi connectivity index (χ0) is 33.9. The molecule has 4 aliphatic rings. The summed E-state index contributed by atoms with van der Waals surface area (Å²) in [6.45, 7) is 13.6. The second-order valence-electron chi connectivity index (χ2n) is 13.7. The number of benzene rings is 1. The number of rotatable bonds is 10. The van der Waals surface area contributed by atoms with Crippen molar-refractivity contribution in [2.45, 2.75) is 44.8 Å². The zero-order valence-electron chi connectivity index (χ0n) is 29.2. The van der Waals surface area contributed by atoms with E-state index in [-0.39, 0.29) is 0 Å². The highest BCUT2D eigenvalue weighted by Gasteiger charge is 2.40. The van der Waals surface area contributed by atoms with Gasteiger partial charge in [-0.1, -0.05) is 24.6 Å². The Labute approximate surface area is 291 Å². The molecule has 0 bridgehead atoms. The first-order valence-electron chi connectivity index (χ1n) is 17.3. The molecule has 1 aromatic heterocycles. The molecule has 3 saturated heterocycles. The number of allylic oxidation sites excluding steroid dienone is 2. The van der Waals surface area contributed by atoms with E-state index in [1.165, 1.54) is 25.9 Å². The second-order valence-corrected chi connectivity index (χ2v) is 17.4. The van der Waals surface area contributed by atoms with E-state index in [9.17, 15) is 4.57 Å². The lowest BCUT2D eigenvalue weighted by molar-refractivity contribution is 0.0398. The molecule has 11 nitrogen and oxygen atoms in total. The predicted octanol–water partition coefficient (Wildman–Crippen LogP) is 5.79. The molecule has 3 fully saturated rings. The van der Waals surface area contributed by atoms with Gasteiger partial charge in [0.15, 0.2) is 5.82 Å². The van der Waals surface area contributed by atoms with Gasteiger partial charge in [0.1, 0.15) is 23.5 Å². The zero-order valence-corrected chi connectivity index (χ0v) is 30.8. The molecule has 1 aromatic carbocycles. The van der Waals surface area contributed by atoms with Gasteiger partial charge in [0.25, 0.3) is 0 Å². The summed E-state index contributed by atoms with van der Waals surface area (Å²) in [6, 6.07) is 6.91. The van der Waals surface area contributed by atoms with E-state index < -0.39 is 12.7 Å². The van der Waals surface area contributed by atoms with Gasteiger partial charge < -0.3 is 39.4 Å². The molecule has 2 N–H and O–H groups in total. The summed E-state index contributed by atoms with van der Waals surface area (Å²) in [7, 11) is 3.14. The van der Waals surface area contributed by atoms with Crippen LogP contribution in [0.4, 0.5) is 23.1 Å². The number of halogens is 1. The number of methoxy groups -OCH3 is 2. The quantitative estimate of drug-likeness (QED) is 0.296. The van der Waals surface area contributed by atoms with Crippen LogP contribution in [0.25, 0.3) is 0 Å². The fourth-order valence-corrected chi connectivity index (χ4v) is 10.4. The molecule has 0 radical (unpaired) electrons. The van der Waals surface area contributed by atoms with Crippen LogP contribution in [0, 0.1) is 0 Å². The minimum atomic E-state index is -2.44. The van der Waals surface area contributed by atoms with Crippen LogP contribution in [0.5, 0.6) is 5.75 Å².